The summed E-state index contributed by atoms with van der Waals surface area (Å²) >= 11 is 0. The first-order valence-corrected chi connectivity index (χ1v) is 8.65. The van der Waals surface area contributed by atoms with E-state index >= 15 is 0 Å². The number of nitrogens with zero attached hydrogens (tertiary/aromatic N) is 3. The van der Waals surface area contributed by atoms with Crippen LogP contribution in [0.1, 0.15) is 42.9 Å². The zero-order valence-electron chi connectivity index (χ0n) is 15.1. The lowest BCUT2D eigenvalue weighted by atomic mass is 9.96. The normalized spacial score (nSPS) is 17.0. The molecule has 2 amide bonds. The number of rotatable bonds is 7. The van der Waals surface area contributed by atoms with Gasteiger partial charge in [-0.3, -0.25) is 9.59 Å². The van der Waals surface area contributed by atoms with E-state index in [4.69, 9.17) is 0 Å². The number of carbonyl (C=O) groups is 2. The molecule has 134 valence electrons. The van der Waals surface area contributed by atoms with Crippen LogP contribution in [0.5, 0.6) is 0 Å². The molecule has 0 saturated carbocycles. The molecule has 2 N–H and O–H groups in total. The molecular weight excluding hydrogens is 306 g/mol. The molecule has 0 fully saturated rings. The van der Waals surface area contributed by atoms with Crippen molar-refractivity contribution < 1.29 is 9.59 Å². The van der Waals surface area contributed by atoms with Gasteiger partial charge in [0, 0.05) is 19.1 Å². The van der Waals surface area contributed by atoms with E-state index in [-0.39, 0.29) is 23.8 Å². The molecule has 7 nitrogen and oxygen atoms in total. The first-order chi connectivity index (χ1) is 11.4. The summed E-state index contributed by atoms with van der Waals surface area (Å²) in [6, 6.07) is 0.144. The Morgan fingerprint density at radius 2 is 2.17 bits per heavy atom. The lowest BCUT2D eigenvalue weighted by Crippen LogP contribution is -2.39. The Bertz CT molecular complexity index is 580. The predicted molar refractivity (Wildman–Crippen MR) is 92.8 cm³/mol. The van der Waals surface area contributed by atoms with Crippen molar-refractivity contribution in [1.82, 2.24) is 25.1 Å². The molecule has 1 unspecified atom stereocenters. The van der Waals surface area contributed by atoms with Crippen molar-refractivity contribution in [2.75, 3.05) is 27.2 Å². The highest BCUT2D eigenvalue weighted by atomic mass is 16.2. The first kappa shape index (κ1) is 18.4. The molecule has 0 saturated heterocycles. The summed E-state index contributed by atoms with van der Waals surface area (Å²) < 4.78 is 1.95. The quantitative estimate of drug-likeness (QED) is 0.717. The second-order valence-corrected chi connectivity index (χ2v) is 7.00. The second-order valence-electron chi connectivity index (χ2n) is 7.00. The Morgan fingerprint density at radius 3 is 2.83 bits per heavy atom. The fourth-order valence-corrected chi connectivity index (χ4v) is 2.95. The summed E-state index contributed by atoms with van der Waals surface area (Å²) in [7, 11) is 4.03. The summed E-state index contributed by atoms with van der Waals surface area (Å²) in [5.74, 6) is -0.0864. The molecule has 0 aromatic carbocycles. The van der Waals surface area contributed by atoms with E-state index in [1.54, 1.807) is 6.33 Å². The summed E-state index contributed by atoms with van der Waals surface area (Å²) in [5, 5.41) is 5.89. The Morgan fingerprint density at radius 1 is 1.42 bits per heavy atom. The van der Waals surface area contributed by atoms with Gasteiger partial charge in [0.1, 0.15) is 5.69 Å². The van der Waals surface area contributed by atoms with E-state index in [0.717, 1.165) is 25.1 Å². The molecular formula is C17H29N5O2. The maximum atomic E-state index is 12.3. The van der Waals surface area contributed by atoms with Crippen LogP contribution in [-0.4, -0.2) is 59.5 Å². The van der Waals surface area contributed by atoms with Gasteiger partial charge in [0.25, 0.3) is 5.91 Å². The number of nitrogens with one attached hydrogen (secondary N) is 2. The van der Waals surface area contributed by atoms with Crippen molar-refractivity contribution >= 4 is 11.8 Å². The van der Waals surface area contributed by atoms with E-state index in [9.17, 15) is 9.59 Å². The molecule has 1 aromatic rings. The zero-order valence-corrected chi connectivity index (χ0v) is 15.1. The molecule has 0 radical (unpaired) electrons. The molecule has 24 heavy (non-hydrogen) atoms. The maximum Gasteiger partial charge on any atom is 0.271 e. The lowest BCUT2D eigenvalue weighted by molar-refractivity contribution is -0.126. The number of imidazole rings is 1. The van der Waals surface area contributed by atoms with Gasteiger partial charge < -0.3 is 20.1 Å². The third-order valence-corrected chi connectivity index (χ3v) is 4.18. The summed E-state index contributed by atoms with van der Waals surface area (Å²) in [5.41, 5.74) is 1.44. The number of fused-ring (bicyclic) bond motifs is 1. The third-order valence-electron chi connectivity index (χ3n) is 4.18. The maximum absolute atomic E-state index is 12.3. The number of aromatic nitrogens is 2. The van der Waals surface area contributed by atoms with Gasteiger partial charge in [-0.15, -0.1) is 0 Å². The molecule has 2 heterocycles. The lowest BCUT2D eigenvalue weighted by Gasteiger charge is -2.24. The average Bonchev–Trinajstić information content (AvgIpc) is 2.93. The largest absolute Gasteiger partial charge is 0.354 e. The van der Waals surface area contributed by atoms with Crippen LogP contribution in [0.15, 0.2) is 6.33 Å². The number of hydrogen-bond donors (Lipinski definition) is 2. The van der Waals surface area contributed by atoms with Crippen molar-refractivity contribution in [3.63, 3.8) is 0 Å². The summed E-state index contributed by atoms with van der Waals surface area (Å²) in [6.45, 7) is 6.09. The van der Waals surface area contributed by atoms with E-state index in [1.165, 1.54) is 0 Å². The molecule has 7 heteroatoms. The molecule has 1 aliphatic heterocycles. The van der Waals surface area contributed by atoms with Crippen LogP contribution in [0.3, 0.4) is 0 Å². The molecule has 1 aliphatic rings. The Kier molecular flexibility index (Phi) is 6.36. The van der Waals surface area contributed by atoms with Crippen molar-refractivity contribution in [2.24, 2.45) is 5.92 Å². The van der Waals surface area contributed by atoms with Gasteiger partial charge in [0.15, 0.2) is 0 Å². The van der Waals surface area contributed by atoms with Crippen LogP contribution in [0.2, 0.25) is 0 Å². The van der Waals surface area contributed by atoms with Gasteiger partial charge in [-0.25, -0.2) is 4.98 Å². The van der Waals surface area contributed by atoms with Gasteiger partial charge in [0.05, 0.1) is 17.9 Å². The third kappa shape index (κ3) is 4.80. The van der Waals surface area contributed by atoms with Crippen LogP contribution in [-0.2, 0) is 17.8 Å². The first-order valence-electron chi connectivity index (χ1n) is 8.65. The number of hydrogen-bond acceptors (Lipinski definition) is 4. The summed E-state index contributed by atoms with van der Waals surface area (Å²) in [6.07, 6.45) is 4.05. The minimum atomic E-state index is -0.118. The number of amides is 2. The molecule has 0 spiro atoms. The van der Waals surface area contributed by atoms with E-state index in [0.29, 0.717) is 25.2 Å². The molecule has 1 aromatic heterocycles. The topological polar surface area (TPSA) is 79.3 Å². The van der Waals surface area contributed by atoms with Crippen LogP contribution >= 0.6 is 0 Å². The second kappa shape index (κ2) is 8.28. The van der Waals surface area contributed by atoms with Crippen molar-refractivity contribution in [3.8, 4) is 0 Å². The van der Waals surface area contributed by atoms with Gasteiger partial charge >= 0.3 is 0 Å². The fraction of sp³-hybridized carbons (Fsp3) is 0.706. The minimum absolute atomic E-state index is 0.0508. The van der Waals surface area contributed by atoms with Crippen LogP contribution < -0.4 is 10.6 Å². The highest BCUT2D eigenvalue weighted by molar-refractivity contribution is 5.93. The van der Waals surface area contributed by atoms with E-state index < -0.39 is 0 Å². The molecule has 0 bridgehead atoms. The van der Waals surface area contributed by atoms with Gasteiger partial charge in [0.2, 0.25) is 5.91 Å². The Hall–Kier alpha value is -1.89. The predicted octanol–water partition coefficient (Wildman–Crippen LogP) is 0.652. The van der Waals surface area contributed by atoms with Crippen molar-refractivity contribution in [2.45, 2.75) is 45.7 Å². The van der Waals surface area contributed by atoms with Crippen LogP contribution in [0, 0.1) is 5.92 Å². The van der Waals surface area contributed by atoms with Gasteiger partial charge in [-0.05, 0) is 53.8 Å². The smallest absolute Gasteiger partial charge is 0.271 e. The van der Waals surface area contributed by atoms with E-state index in [2.05, 4.69) is 20.5 Å². The highest BCUT2D eigenvalue weighted by Crippen LogP contribution is 2.22. The zero-order chi connectivity index (χ0) is 17.7. The van der Waals surface area contributed by atoms with Crippen molar-refractivity contribution in [3.05, 3.63) is 17.7 Å². The minimum Gasteiger partial charge on any atom is -0.354 e. The van der Waals surface area contributed by atoms with Crippen LogP contribution in [0.25, 0.3) is 0 Å². The van der Waals surface area contributed by atoms with Crippen LogP contribution in [0.4, 0.5) is 0 Å². The van der Waals surface area contributed by atoms with Gasteiger partial charge in [-0.2, -0.15) is 0 Å². The molecule has 0 aliphatic carbocycles. The fourth-order valence-electron chi connectivity index (χ4n) is 2.95. The average molecular weight is 335 g/mol. The SMILES string of the molecule is CC(C)NC(=O)C1CCc2c(C(=O)NCCCN(C)C)ncn2C1. The molecule has 2 rings (SSSR count). The number of carbonyl (C=O) groups excluding carboxylic acids is 2. The summed E-state index contributed by atoms with van der Waals surface area (Å²) in [4.78, 5) is 30.8. The van der Waals surface area contributed by atoms with Crippen molar-refractivity contribution in [1.29, 1.82) is 0 Å². The molecule has 1 atom stereocenters. The monoisotopic (exact) mass is 335 g/mol. The standard InChI is InChI=1S/C17H29N5O2/c1-12(2)20-16(23)13-6-7-14-15(19-11-22(14)10-13)17(24)18-8-5-9-21(3)4/h11-13H,5-10H2,1-4H3,(H,18,24)(H,20,23). The highest BCUT2D eigenvalue weighted by Gasteiger charge is 2.28. The van der Waals surface area contributed by atoms with E-state index in [1.807, 2.05) is 32.5 Å². The van der Waals surface area contributed by atoms with Gasteiger partial charge in [-0.1, -0.05) is 0 Å². The Balaban J connectivity index is 1.92. The Labute approximate surface area is 143 Å².